The van der Waals surface area contributed by atoms with Gasteiger partial charge in [0.2, 0.25) is 0 Å². The van der Waals surface area contributed by atoms with Crippen molar-refractivity contribution in [2.45, 2.75) is 44.8 Å². The molecule has 0 aromatic heterocycles. The van der Waals surface area contributed by atoms with E-state index in [1.807, 2.05) is 36.4 Å². The number of amides is 2. The Balaban J connectivity index is 1.52. The van der Waals surface area contributed by atoms with E-state index in [4.69, 9.17) is 4.74 Å². The van der Waals surface area contributed by atoms with Crippen molar-refractivity contribution in [3.63, 3.8) is 0 Å². The highest BCUT2D eigenvalue weighted by molar-refractivity contribution is 5.95. The zero-order valence-corrected chi connectivity index (χ0v) is 15.3. The van der Waals surface area contributed by atoms with E-state index in [9.17, 15) is 9.59 Å². The van der Waals surface area contributed by atoms with Gasteiger partial charge in [-0.3, -0.25) is 9.59 Å². The van der Waals surface area contributed by atoms with Crippen LogP contribution in [0.5, 0.6) is 5.75 Å². The van der Waals surface area contributed by atoms with Crippen LogP contribution in [0.15, 0.2) is 48.5 Å². The summed E-state index contributed by atoms with van der Waals surface area (Å²) >= 11 is 0. The normalized spacial score (nSPS) is 17.2. The van der Waals surface area contributed by atoms with E-state index in [0.29, 0.717) is 24.4 Å². The average Bonchev–Trinajstić information content (AvgIpc) is 3.14. The van der Waals surface area contributed by atoms with Crippen molar-refractivity contribution in [2.75, 3.05) is 6.61 Å². The van der Waals surface area contributed by atoms with Crippen LogP contribution in [-0.4, -0.2) is 29.4 Å². The molecule has 4 rings (SSSR count). The van der Waals surface area contributed by atoms with Crippen molar-refractivity contribution in [3.05, 3.63) is 65.2 Å². The van der Waals surface area contributed by atoms with Gasteiger partial charge in [-0.1, -0.05) is 43.2 Å². The fourth-order valence-corrected chi connectivity index (χ4v) is 3.80. The van der Waals surface area contributed by atoms with Gasteiger partial charge in [-0.05, 0) is 36.6 Å². The number of benzene rings is 2. The molecule has 1 fully saturated rings. The van der Waals surface area contributed by atoms with Crippen LogP contribution in [0, 0.1) is 0 Å². The van der Waals surface area contributed by atoms with Gasteiger partial charge in [0.25, 0.3) is 11.8 Å². The second kappa shape index (κ2) is 7.82. The number of ether oxygens (including phenoxy) is 1. The lowest BCUT2D eigenvalue weighted by Crippen LogP contribution is -2.33. The number of fused-ring (bicyclic) bond motifs is 1. The Hall–Kier alpha value is -2.82. The zero-order valence-electron chi connectivity index (χ0n) is 15.3. The first kappa shape index (κ1) is 17.6. The maximum atomic E-state index is 12.6. The van der Waals surface area contributed by atoms with Crippen LogP contribution in [-0.2, 0) is 17.9 Å². The summed E-state index contributed by atoms with van der Waals surface area (Å²) in [6.07, 6.45) is 4.47. The second-order valence-electron chi connectivity index (χ2n) is 7.30. The van der Waals surface area contributed by atoms with Gasteiger partial charge in [0.1, 0.15) is 5.75 Å². The van der Waals surface area contributed by atoms with Crippen molar-refractivity contribution in [3.8, 4) is 5.75 Å². The van der Waals surface area contributed by atoms with E-state index in [2.05, 4.69) is 5.32 Å². The van der Waals surface area contributed by atoms with Crippen LogP contribution in [0.4, 0.5) is 0 Å². The fraction of sp³-hybridized carbons (Fsp3) is 0.364. The zero-order chi connectivity index (χ0) is 18.6. The summed E-state index contributed by atoms with van der Waals surface area (Å²) in [5, 5.41) is 3.12. The minimum Gasteiger partial charge on any atom is -0.483 e. The number of nitrogens with one attached hydrogen (secondary N) is 1. The van der Waals surface area contributed by atoms with E-state index in [0.717, 1.165) is 24.0 Å². The van der Waals surface area contributed by atoms with Crippen molar-refractivity contribution in [1.29, 1.82) is 0 Å². The molecular weight excluding hydrogens is 340 g/mol. The lowest BCUT2D eigenvalue weighted by atomic mass is 10.1. The van der Waals surface area contributed by atoms with Crippen molar-refractivity contribution in [1.82, 2.24) is 10.2 Å². The average molecular weight is 364 g/mol. The highest BCUT2D eigenvalue weighted by Gasteiger charge is 2.24. The van der Waals surface area contributed by atoms with Gasteiger partial charge < -0.3 is 15.0 Å². The van der Waals surface area contributed by atoms with Gasteiger partial charge >= 0.3 is 0 Å². The molecule has 0 saturated heterocycles. The predicted molar refractivity (Wildman–Crippen MR) is 102 cm³/mol. The molecule has 1 saturated carbocycles. The summed E-state index contributed by atoms with van der Waals surface area (Å²) in [5.41, 5.74) is 2.57. The SMILES string of the molecule is O=C(NC1CCCC1)c1ccc2c(c1)CN(Cc1ccccc1)C(=O)CO2. The molecule has 2 aromatic carbocycles. The van der Waals surface area contributed by atoms with E-state index in [-0.39, 0.29) is 24.5 Å². The molecule has 1 heterocycles. The monoisotopic (exact) mass is 364 g/mol. The van der Waals surface area contributed by atoms with Crippen LogP contribution in [0.1, 0.15) is 47.2 Å². The number of hydrogen-bond acceptors (Lipinski definition) is 3. The van der Waals surface area contributed by atoms with E-state index in [1.54, 1.807) is 17.0 Å². The van der Waals surface area contributed by atoms with Gasteiger partial charge in [0, 0.05) is 30.3 Å². The molecule has 0 spiro atoms. The van der Waals surface area contributed by atoms with E-state index in [1.165, 1.54) is 12.8 Å². The fourth-order valence-electron chi connectivity index (χ4n) is 3.80. The molecule has 27 heavy (non-hydrogen) atoms. The Kier molecular flexibility index (Phi) is 5.10. The molecule has 1 N–H and O–H groups in total. The second-order valence-corrected chi connectivity index (χ2v) is 7.30. The highest BCUT2D eigenvalue weighted by Crippen LogP contribution is 2.26. The van der Waals surface area contributed by atoms with Crippen molar-refractivity contribution >= 4 is 11.8 Å². The summed E-state index contributed by atoms with van der Waals surface area (Å²) in [6.45, 7) is 0.988. The maximum absolute atomic E-state index is 12.6. The summed E-state index contributed by atoms with van der Waals surface area (Å²) in [4.78, 5) is 26.8. The topological polar surface area (TPSA) is 58.6 Å². The minimum atomic E-state index is -0.0491. The Bertz CT molecular complexity index is 829. The molecule has 1 aliphatic heterocycles. The minimum absolute atomic E-state index is 0.0213. The molecule has 2 amide bonds. The molecule has 2 aliphatic rings. The third kappa shape index (κ3) is 4.13. The smallest absolute Gasteiger partial charge is 0.261 e. The molecule has 0 atom stereocenters. The number of carbonyl (C=O) groups is 2. The largest absolute Gasteiger partial charge is 0.483 e. The standard InChI is InChI=1S/C22H24N2O3/c25-21-15-27-20-11-10-17(22(26)23-19-8-4-5-9-19)12-18(20)14-24(21)13-16-6-2-1-3-7-16/h1-3,6-7,10-12,19H,4-5,8-9,13-15H2,(H,23,26). The molecule has 5 nitrogen and oxygen atoms in total. The van der Waals surface area contributed by atoms with E-state index >= 15 is 0 Å². The first-order chi connectivity index (χ1) is 13.2. The molecule has 0 bridgehead atoms. The number of carbonyl (C=O) groups excluding carboxylic acids is 2. The molecule has 1 aliphatic carbocycles. The first-order valence-electron chi connectivity index (χ1n) is 9.57. The lowest BCUT2D eigenvalue weighted by Gasteiger charge is -2.20. The molecule has 140 valence electrons. The number of hydrogen-bond donors (Lipinski definition) is 1. The van der Waals surface area contributed by atoms with Crippen molar-refractivity contribution < 1.29 is 14.3 Å². The van der Waals surface area contributed by atoms with Crippen molar-refractivity contribution in [2.24, 2.45) is 0 Å². The van der Waals surface area contributed by atoms with Gasteiger partial charge in [-0.2, -0.15) is 0 Å². The van der Waals surface area contributed by atoms with Crippen LogP contribution >= 0.6 is 0 Å². The van der Waals surface area contributed by atoms with Gasteiger partial charge in [-0.15, -0.1) is 0 Å². The highest BCUT2D eigenvalue weighted by atomic mass is 16.5. The Morgan fingerprint density at radius 3 is 2.67 bits per heavy atom. The molecule has 0 unspecified atom stereocenters. The number of nitrogens with zero attached hydrogens (tertiary/aromatic N) is 1. The summed E-state index contributed by atoms with van der Waals surface area (Å²) < 4.78 is 5.67. The van der Waals surface area contributed by atoms with Crippen LogP contribution in [0.2, 0.25) is 0 Å². The quantitative estimate of drug-likeness (QED) is 0.906. The Morgan fingerprint density at radius 1 is 1.11 bits per heavy atom. The summed E-state index contributed by atoms with van der Waals surface area (Å²) in [6, 6.07) is 15.6. The number of rotatable bonds is 4. The Morgan fingerprint density at radius 2 is 1.89 bits per heavy atom. The summed E-state index contributed by atoms with van der Waals surface area (Å²) in [7, 11) is 0. The first-order valence-corrected chi connectivity index (χ1v) is 9.57. The van der Waals surface area contributed by atoms with E-state index < -0.39 is 0 Å². The molecule has 5 heteroatoms. The third-order valence-corrected chi connectivity index (χ3v) is 5.29. The van der Waals surface area contributed by atoms with Crippen LogP contribution < -0.4 is 10.1 Å². The molecular formula is C22H24N2O3. The van der Waals surface area contributed by atoms with Crippen LogP contribution in [0.25, 0.3) is 0 Å². The third-order valence-electron chi connectivity index (χ3n) is 5.29. The van der Waals surface area contributed by atoms with Crippen LogP contribution in [0.3, 0.4) is 0 Å². The molecule has 0 radical (unpaired) electrons. The van der Waals surface area contributed by atoms with Gasteiger partial charge in [0.15, 0.2) is 6.61 Å². The Labute approximate surface area is 159 Å². The summed E-state index contributed by atoms with van der Waals surface area (Å²) in [5.74, 6) is 0.582. The van der Waals surface area contributed by atoms with Gasteiger partial charge in [0.05, 0.1) is 0 Å². The molecule has 2 aromatic rings. The maximum Gasteiger partial charge on any atom is 0.261 e. The van der Waals surface area contributed by atoms with Gasteiger partial charge in [-0.25, -0.2) is 0 Å². The predicted octanol–water partition coefficient (Wildman–Crippen LogP) is 3.28. The lowest BCUT2D eigenvalue weighted by molar-refractivity contribution is -0.133.